The van der Waals surface area contributed by atoms with Gasteiger partial charge in [0.05, 0.1) is 17.1 Å². The number of hydrogen-bond donors (Lipinski definition) is 2. The highest BCUT2D eigenvalue weighted by Gasteiger charge is 2.09. The van der Waals surface area contributed by atoms with Gasteiger partial charge in [0.1, 0.15) is 5.75 Å². The highest BCUT2D eigenvalue weighted by Crippen LogP contribution is 2.28. The number of nitrogens with two attached hydrogens (primary N) is 1. The number of aromatic nitrogens is 3. The van der Waals surface area contributed by atoms with Crippen molar-refractivity contribution in [3.63, 3.8) is 0 Å². The molecule has 2 aromatic carbocycles. The van der Waals surface area contributed by atoms with Crippen LogP contribution in [0.25, 0.3) is 10.9 Å². The molecule has 2 aromatic heterocycles. The average Bonchev–Trinajstić information content (AvgIpc) is 2.75. The lowest BCUT2D eigenvalue weighted by molar-refractivity contribution is 0.443. The summed E-state index contributed by atoms with van der Waals surface area (Å²) in [4.78, 5) is 29.2. The molecule has 0 radical (unpaired) electrons. The van der Waals surface area contributed by atoms with Crippen molar-refractivity contribution in [3.8, 4) is 11.8 Å². The second kappa shape index (κ2) is 8.04. The molecule has 2 heterocycles. The van der Waals surface area contributed by atoms with Gasteiger partial charge in [-0.05, 0) is 48.5 Å². The zero-order valence-corrected chi connectivity index (χ0v) is 16.5. The zero-order chi connectivity index (χ0) is 21.1. The molecule has 0 fully saturated rings. The Hall–Kier alpha value is -4.20. The third kappa shape index (κ3) is 3.83. The van der Waals surface area contributed by atoms with Gasteiger partial charge in [0.25, 0.3) is 5.56 Å². The van der Waals surface area contributed by atoms with Gasteiger partial charge >= 0.3 is 6.01 Å². The molecule has 8 nitrogen and oxygen atoms in total. The van der Waals surface area contributed by atoms with E-state index < -0.39 is 0 Å². The quantitative estimate of drug-likeness (QED) is 0.392. The van der Waals surface area contributed by atoms with E-state index in [9.17, 15) is 4.79 Å². The van der Waals surface area contributed by atoms with Crippen LogP contribution in [-0.2, 0) is 0 Å². The molecule has 0 aliphatic heterocycles. The predicted octanol–water partition coefficient (Wildman–Crippen LogP) is 3.51. The first-order valence-corrected chi connectivity index (χ1v) is 9.22. The van der Waals surface area contributed by atoms with Crippen molar-refractivity contribution < 1.29 is 4.74 Å². The average molecular weight is 400 g/mol. The molecule has 0 aliphatic carbocycles. The minimum Gasteiger partial charge on any atom is -0.426 e. The van der Waals surface area contributed by atoms with E-state index in [2.05, 4.69) is 19.9 Å². The molecule has 0 saturated carbocycles. The van der Waals surface area contributed by atoms with Crippen LogP contribution in [-0.4, -0.2) is 35.3 Å². The maximum atomic E-state index is 12.2. The van der Waals surface area contributed by atoms with E-state index in [0.29, 0.717) is 22.3 Å². The van der Waals surface area contributed by atoms with Gasteiger partial charge in [-0.1, -0.05) is 0 Å². The molecule has 30 heavy (non-hydrogen) atoms. The first-order valence-electron chi connectivity index (χ1n) is 9.22. The first-order chi connectivity index (χ1) is 14.5. The van der Waals surface area contributed by atoms with Crippen molar-refractivity contribution in [2.24, 2.45) is 4.99 Å². The van der Waals surface area contributed by atoms with Gasteiger partial charge in [0, 0.05) is 49.1 Å². The van der Waals surface area contributed by atoms with Crippen molar-refractivity contribution in [2.45, 2.75) is 0 Å². The zero-order valence-electron chi connectivity index (χ0n) is 16.5. The Morgan fingerprint density at radius 1 is 1.13 bits per heavy atom. The Morgan fingerprint density at radius 3 is 2.67 bits per heavy atom. The van der Waals surface area contributed by atoms with Crippen molar-refractivity contribution in [1.29, 1.82) is 0 Å². The number of nitrogens with one attached hydrogen (secondary N) is 1. The van der Waals surface area contributed by atoms with Crippen LogP contribution < -0.4 is 20.9 Å². The summed E-state index contributed by atoms with van der Waals surface area (Å²) in [6, 6.07) is 15.0. The molecule has 0 amide bonds. The number of aliphatic imine (C=N–C) groups is 1. The van der Waals surface area contributed by atoms with Crippen molar-refractivity contribution in [3.05, 3.63) is 76.8 Å². The lowest BCUT2D eigenvalue weighted by Gasteiger charge is -2.20. The molecule has 0 spiro atoms. The largest absolute Gasteiger partial charge is 0.426 e. The minimum atomic E-state index is -0.275. The third-order valence-corrected chi connectivity index (χ3v) is 4.65. The maximum absolute atomic E-state index is 12.2. The van der Waals surface area contributed by atoms with Gasteiger partial charge in [-0.2, -0.15) is 4.98 Å². The molecule has 0 saturated heterocycles. The number of fused-ring (bicyclic) bond motifs is 1. The number of ether oxygens (including phenoxy) is 1. The SMILES string of the molecule is CN=Cc1cc(N(C)c2ccc(Oc3nc4cnccc4c(=O)[nH]3)cc2)ccc1N. The molecule has 0 aliphatic rings. The molecule has 3 N–H and O–H groups in total. The highest BCUT2D eigenvalue weighted by molar-refractivity contribution is 5.89. The van der Waals surface area contributed by atoms with Crippen LogP contribution in [0.3, 0.4) is 0 Å². The Bertz CT molecular complexity index is 1280. The number of H-pyrrole nitrogens is 1. The summed E-state index contributed by atoms with van der Waals surface area (Å²) in [5.41, 5.74) is 9.66. The van der Waals surface area contributed by atoms with Crippen LogP contribution in [0.4, 0.5) is 17.1 Å². The van der Waals surface area contributed by atoms with E-state index in [4.69, 9.17) is 10.5 Å². The van der Waals surface area contributed by atoms with Gasteiger partial charge in [-0.3, -0.25) is 19.8 Å². The van der Waals surface area contributed by atoms with Crippen molar-refractivity contribution in [2.75, 3.05) is 24.7 Å². The molecule has 4 aromatic rings. The fourth-order valence-corrected chi connectivity index (χ4v) is 3.04. The number of rotatable bonds is 5. The van der Waals surface area contributed by atoms with Crippen LogP contribution in [0, 0.1) is 0 Å². The van der Waals surface area contributed by atoms with Crippen LogP contribution in [0.2, 0.25) is 0 Å². The van der Waals surface area contributed by atoms with Gasteiger partial charge < -0.3 is 15.4 Å². The van der Waals surface area contributed by atoms with E-state index in [-0.39, 0.29) is 11.6 Å². The molecular formula is C22H20N6O2. The van der Waals surface area contributed by atoms with Crippen molar-refractivity contribution in [1.82, 2.24) is 15.0 Å². The van der Waals surface area contributed by atoms with Crippen molar-refractivity contribution >= 4 is 34.2 Å². The third-order valence-electron chi connectivity index (χ3n) is 4.65. The van der Waals surface area contributed by atoms with Crippen LogP contribution in [0.15, 0.2) is 70.7 Å². The van der Waals surface area contributed by atoms with E-state index >= 15 is 0 Å². The lowest BCUT2D eigenvalue weighted by atomic mass is 10.1. The lowest BCUT2D eigenvalue weighted by Crippen LogP contribution is -2.10. The summed E-state index contributed by atoms with van der Waals surface area (Å²) in [5.74, 6) is 0.551. The number of aromatic amines is 1. The van der Waals surface area contributed by atoms with Crippen LogP contribution >= 0.6 is 0 Å². The molecule has 0 atom stereocenters. The summed E-state index contributed by atoms with van der Waals surface area (Å²) < 4.78 is 5.73. The highest BCUT2D eigenvalue weighted by atomic mass is 16.5. The summed E-state index contributed by atoms with van der Waals surface area (Å²) in [5, 5.41) is 0.463. The Balaban J connectivity index is 1.56. The second-order valence-electron chi connectivity index (χ2n) is 6.62. The number of pyridine rings is 1. The number of hydrogen-bond acceptors (Lipinski definition) is 7. The predicted molar refractivity (Wildman–Crippen MR) is 119 cm³/mol. The first kappa shape index (κ1) is 19.1. The number of nitrogens with zero attached hydrogens (tertiary/aromatic N) is 4. The standard InChI is InChI=1S/C22H20N6O2/c1-24-12-14-11-16(5-8-19(14)23)28(2)15-3-6-17(7-4-15)30-22-26-20-13-25-10-9-18(20)21(29)27-22/h3-13H,23H2,1-2H3,(H,26,27,29). The van der Waals surface area contributed by atoms with E-state index in [1.165, 1.54) is 6.20 Å². The topological polar surface area (TPSA) is 109 Å². The Labute approximate surface area is 172 Å². The number of nitrogen functional groups attached to an aromatic ring is 1. The van der Waals surface area contributed by atoms with Gasteiger partial charge in [-0.25, -0.2) is 0 Å². The second-order valence-corrected chi connectivity index (χ2v) is 6.62. The maximum Gasteiger partial charge on any atom is 0.302 e. The van der Waals surface area contributed by atoms with E-state index in [0.717, 1.165) is 16.9 Å². The van der Waals surface area contributed by atoms with Gasteiger partial charge in [-0.15, -0.1) is 0 Å². The summed E-state index contributed by atoms with van der Waals surface area (Å²) >= 11 is 0. The monoisotopic (exact) mass is 400 g/mol. The molecule has 150 valence electrons. The van der Waals surface area contributed by atoms with Crippen LogP contribution in [0.5, 0.6) is 11.8 Å². The van der Waals surface area contributed by atoms with Gasteiger partial charge in [0.15, 0.2) is 0 Å². The van der Waals surface area contributed by atoms with Crippen LogP contribution in [0.1, 0.15) is 5.56 Å². The van der Waals surface area contributed by atoms with E-state index in [1.807, 2.05) is 54.4 Å². The number of benzene rings is 2. The van der Waals surface area contributed by atoms with E-state index in [1.54, 1.807) is 25.5 Å². The fraction of sp³-hybridized carbons (Fsp3) is 0.0909. The Morgan fingerprint density at radius 2 is 1.90 bits per heavy atom. The smallest absolute Gasteiger partial charge is 0.302 e. The summed E-state index contributed by atoms with van der Waals surface area (Å²) in [6.45, 7) is 0. The normalized spacial score (nSPS) is 11.1. The Kier molecular flexibility index (Phi) is 5.13. The molecule has 4 rings (SSSR count). The molecule has 0 bridgehead atoms. The summed E-state index contributed by atoms with van der Waals surface area (Å²) in [7, 11) is 3.67. The fourth-order valence-electron chi connectivity index (χ4n) is 3.04. The molecular weight excluding hydrogens is 380 g/mol. The van der Waals surface area contributed by atoms with Gasteiger partial charge in [0.2, 0.25) is 0 Å². The minimum absolute atomic E-state index is 0.114. The molecule has 8 heteroatoms. The summed E-state index contributed by atoms with van der Waals surface area (Å²) in [6.07, 6.45) is 4.81. The molecule has 0 unspecified atom stereocenters. The number of anilines is 3.